The van der Waals surface area contributed by atoms with Gasteiger partial charge in [-0.1, -0.05) is 0 Å². The van der Waals surface area contributed by atoms with Gasteiger partial charge < -0.3 is 15.0 Å². The molecular weight excluding hydrogens is 204 g/mol. The van der Waals surface area contributed by atoms with E-state index in [4.69, 9.17) is 4.74 Å². The zero-order valence-electron chi connectivity index (χ0n) is 9.41. The predicted octanol–water partition coefficient (Wildman–Crippen LogP) is 1.62. The number of hydrogen-bond donors (Lipinski definition) is 1. The number of hydrogen-bond acceptors (Lipinski definition) is 3. The van der Waals surface area contributed by atoms with Gasteiger partial charge in [-0.25, -0.2) is 0 Å². The van der Waals surface area contributed by atoms with E-state index in [9.17, 15) is 4.79 Å². The van der Waals surface area contributed by atoms with E-state index in [2.05, 4.69) is 10.2 Å². The number of fused-ring (bicyclic) bond motifs is 1. The van der Waals surface area contributed by atoms with E-state index in [-0.39, 0.29) is 11.4 Å². The van der Waals surface area contributed by atoms with E-state index in [1.165, 1.54) is 0 Å². The molecule has 1 spiro atoms. The molecule has 84 valence electrons. The van der Waals surface area contributed by atoms with Crippen molar-refractivity contribution in [3.8, 4) is 5.75 Å². The normalized spacial score (nSPS) is 20.4. The topological polar surface area (TPSA) is 41.6 Å². The van der Waals surface area contributed by atoms with Crippen LogP contribution >= 0.6 is 0 Å². The van der Waals surface area contributed by atoms with Gasteiger partial charge in [0.15, 0.2) is 0 Å². The first-order valence-corrected chi connectivity index (χ1v) is 5.41. The Morgan fingerprint density at radius 2 is 2.19 bits per heavy atom. The Balaban J connectivity index is 2.08. The van der Waals surface area contributed by atoms with Gasteiger partial charge in [0, 0.05) is 13.1 Å². The summed E-state index contributed by atoms with van der Waals surface area (Å²) in [5, 5.41) is 2.96. The summed E-state index contributed by atoms with van der Waals surface area (Å²) in [7, 11) is 3.61. The summed E-state index contributed by atoms with van der Waals surface area (Å²) in [5.41, 5.74) is 1.63. The van der Waals surface area contributed by atoms with Gasteiger partial charge >= 0.3 is 0 Å². The molecule has 1 aliphatic carbocycles. The maximum absolute atomic E-state index is 12.0. The zero-order valence-corrected chi connectivity index (χ0v) is 9.41. The second-order valence-electron chi connectivity index (χ2n) is 4.43. The lowest BCUT2D eigenvalue weighted by molar-refractivity contribution is -0.118. The summed E-state index contributed by atoms with van der Waals surface area (Å²) in [6.45, 7) is 0. The van der Waals surface area contributed by atoms with E-state index in [0.29, 0.717) is 0 Å². The van der Waals surface area contributed by atoms with Gasteiger partial charge in [-0.3, -0.25) is 4.79 Å². The minimum absolute atomic E-state index is 0.107. The van der Waals surface area contributed by atoms with Crippen LogP contribution in [0.25, 0.3) is 0 Å². The van der Waals surface area contributed by atoms with E-state index in [1.807, 2.05) is 25.2 Å². The van der Waals surface area contributed by atoms with Crippen molar-refractivity contribution in [3.05, 3.63) is 18.2 Å². The molecule has 2 aliphatic rings. The highest BCUT2D eigenvalue weighted by Crippen LogP contribution is 2.49. The fourth-order valence-corrected chi connectivity index (χ4v) is 2.34. The van der Waals surface area contributed by atoms with Gasteiger partial charge in [-0.05, 0) is 25.0 Å². The molecule has 0 saturated heterocycles. The molecule has 1 heterocycles. The van der Waals surface area contributed by atoms with Crippen LogP contribution in [0, 0.1) is 0 Å². The van der Waals surface area contributed by atoms with Gasteiger partial charge in [0.25, 0.3) is 0 Å². The van der Waals surface area contributed by atoms with E-state index < -0.39 is 0 Å². The Bertz CT molecular complexity index is 466. The standard InChI is InChI=1S/C12H14N2O2/c1-14-10-4-3-8(16-2)7-9(10)13-11(15)12(14)5-6-12/h3-4,7H,5-6H2,1-2H3,(H,13,15). The third kappa shape index (κ3) is 1.07. The maximum atomic E-state index is 12.0. The van der Waals surface area contributed by atoms with Crippen molar-refractivity contribution < 1.29 is 9.53 Å². The minimum Gasteiger partial charge on any atom is -0.497 e. The lowest BCUT2D eigenvalue weighted by atomic mass is 10.1. The summed E-state index contributed by atoms with van der Waals surface area (Å²) >= 11 is 0. The minimum atomic E-state index is -0.276. The van der Waals surface area contributed by atoms with Gasteiger partial charge in [0.1, 0.15) is 11.3 Å². The SMILES string of the molecule is COc1ccc2c(c1)NC(=O)C1(CC1)N2C. The number of likely N-dealkylation sites (N-methyl/N-ethyl adjacent to an activating group) is 1. The zero-order chi connectivity index (χ0) is 11.3. The smallest absolute Gasteiger partial charge is 0.250 e. The van der Waals surface area contributed by atoms with Crippen LogP contribution in [0.2, 0.25) is 0 Å². The lowest BCUT2D eigenvalue weighted by Gasteiger charge is -2.35. The number of ether oxygens (including phenoxy) is 1. The van der Waals surface area contributed by atoms with Crippen molar-refractivity contribution in [2.45, 2.75) is 18.4 Å². The monoisotopic (exact) mass is 218 g/mol. The van der Waals surface area contributed by atoms with Crippen molar-refractivity contribution in [1.29, 1.82) is 0 Å². The molecule has 0 atom stereocenters. The molecule has 4 nitrogen and oxygen atoms in total. The third-order valence-electron chi connectivity index (χ3n) is 3.60. The van der Waals surface area contributed by atoms with Crippen molar-refractivity contribution in [1.82, 2.24) is 0 Å². The van der Waals surface area contributed by atoms with Crippen molar-refractivity contribution in [2.75, 3.05) is 24.4 Å². The number of methoxy groups -OCH3 is 1. The number of nitrogens with one attached hydrogen (secondary N) is 1. The molecule has 0 unspecified atom stereocenters. The van der Waals surface area contributed by atoms with E-state index in [0.717, 1.165) is 30.0 Å². The van der Waals surface area contributed by atoms with Crippen LogP contribution < -0.4 is 15.0 Å². The molecule has 16 heavy (non-hydrogen) atoms. The van der Waals surface area contributed by atoms with Crippen molar-refractivity contribution in [2.24, 2.45) is 0 Å². The second kappa shape index (κ2) is 2.90. The number of anilines is 2. The molecule has 1 saturated carbocycles. The van der Waals surface area contributed by atoms with Crippen molar-refractivity contribution >= 4 is 17.3 Å². The quantitative estimate of drug-likeness (QED) is 0.778. The Labute approximate surface area is 94.2 Å². The Hall–Kier alpha value is -1.71. The average molecular weight is 218 g/mol. The Kier molecular flexibility index (Phi) is 1.73. The summed E-state index contributed by atoms with van der Waals surface area (Å²) in [6.07, 6.45) is 1.89. The van der Waals surface area contributed by atoms with Crippen LogP contribution in [0.3, 0.4) is 0 Å². The number of carbonyl (C=O) groups is 1. The fourth-order valence-electron chi connectivity index (χ4n) is 2.34. The first-order chi connectivity index (χ1) is 7.67. The van der Waals surface area contributed by atoms with E-state index in [1.54, 1.807) is 7.11 Å². The number of nitrogens with zero attached hydrogens (tertiary/aromatic N) is 1. The average Bonchev–Trinajstić information content (AvgIpc) is 3.07. The first kappa shape index (κ1) is 9.51. The summed E-state index contributed by atoms with van der Waals surface area (Å²) in [4.78, 5) is 14.0. The third-order valence-corrected chi connectivity index (χ3v) is 3.60. The highest BCUT2D eigenvalue weighted by atomic mass is 16.5. The molecule has 1 aromatic carbocycles. The first-order valence-electron chi connectivity index (χ1n) is 5.41. The van der Waals surface area contributed by atoms with Gasteiger partial charge in [0.05, 0.1) is 18.5 Å². The Morgan fingerprint density at radius 3 is 2.81 bits per heavy atom. The van der Waals surface area contributed by atoms with Gasteiger partial charge in [-0.15, -0.1) is 0 Å². The number of carbonyl (C=O) groups excluding carboxylic acids is 1. The second-order valence-corrected chi connectivity index (χ2v) is 4.43. The van der Waals surface area contributed by atoms with Crippen LogP contribution in [0.5, 0.6) is 5.75 Å². The molecule has 1 N–H and O–H groups in total. The Morgan fingerprint density at radius 1 is 1.44 bits per heavy atom. The highest BCUT2D eigenvalue weighted by molar-refractivity contribution is 6.08. The van der Waals surface area contributed by atoms with E-state index >= 15 is 0 Å². The number of rotatable bonds is 1. The summed E-state index contributed by atoms with van der Waals surface area (Å²) < 4.78 is 5.15. The molecule has 1 aromatic rings. The maximum Gasteiger partial charge on any atom is 0.250 e. The molecule has 1 fully saturated rings. The summed E-state index contributed by atoms with van der Waals surface area (Å²) in [5.74, 6) is 0.870. The van der Waals surface area contributed by atoms with Crippen LogP contribution in [0.4, 0.5) is 11.4 Å². The van der Waals surface area contributed by atoms with Crippen LogP contribution in [-0.4, -0.2) is 25.6 Å². The molecule has 0 bridgehead atoms. The molecule has 3 rings (SSSR count). The molecule has 4 heteroatoms. The molecule has 1 amide bonds. The predicted molar refractivity (Wildman–Crippen MR) is 62.0 cm³/mol. The molecule has 1 aliphatic heterocycles. The molecule has 0 aromatic heterocycles. The van der Waals surface area contributed by atoms with Gasteiger partial charge in [-0.2, -0.15) is 0 Å². The van der Waals surface area contributed by atoms with Crippen LogP contribution in [-0.2, 0) is 4.79 Å². The number of benzene rings is 1. The highest BCUT2D eigenvalue weighted by Gasteiger charge is 2.56. The molecule has 0 radical (unpaired) electrons. The largest absolute Gasteiger partial charge is 0.497 e. The lowest BCUT2D eigenvalue weighted by Crippen LogP contribution is -2.48. The van der Waals surface area contributed by atoms with Crippen molar-refractivity contribution in [3.63, 3.8) is 0 Å². The summed E-state index contributed by atoms with van der Waals surface area (Å²) in [6, 6.07) is 5.77. The van der Waals surface area contributed by atoms with Crippen LogP contribution in [0.1, 0.15) is 12.8 Å². The molecular formula is C12H14N2O2. The van der Waals surface area contributed by atoms with Gasteiger partial charge in [0.2, 0.25) is 5.91 Å². The fraction of sp³-hybridized carbons (Fsp3) is 0.417. The number of amides is 1. The van der Waals surface area contributed by atoms with Crippen LogP contribution in [0.15, 0.2) is 18.2 Å².